The van der Waals surface area contributed by atoms with E-state index < -0.39 is 0 Å². The molecule has 94 valence electrons. The summed E-state index contributed by atoms with van der Waals surface area (Å²) >= 11 is 9.32. The van der Waals surface area contributed by atoms with Crippen LogP contribution in [0, 0.1) is 0 Å². The van der Waals surface area contributed by atoms with Gasteiger partial charge in [-0.1, -0.05) is 34.5 Å². The van der Waals surface area contributed by atoms with Crippen LogP contribution in [-0.4, -0.2) is 35.6 Å². The third-order valence-electron chi connectivity index (χ3n) is 2.31. The fraction of sp³-hybridized carbons (Fsp3) is 0.417. The fourth-order valence-electron chi connectivity index (χ4n) is 1.54. The molecule has 5 heteroatoms. The van der Waals surface area contributed by atoms with Crippen molar-refractivity contribution in [2.45, 2.75) is 13.3 Å². The number of hydrogen-bond donors (Lipinski definition) is 1. The lowest BCUT2D eigenvalue weighted by Gasteiger charge is -2.21. The molecule has 0 fully saturated rings. The van der Waals surface area contributed by atoms with Crippen LogP contribution in [0.1, 0.15) is 23.7 Å². The van der Waals surface area contributed by atoms with E-state index in [9.17, 15) is 4.79 Å². The summed E-state index contributed by atoms with van der Waals surface area (Å²) in [6.07, 6.45) is 0.845. The topological polar surface area (TPSA) is 40.5 Å². The average molecular weight is 321 g/mol. The van der Waals surface area contributed by atoms with E-state index in [0.717, 1.165) is 10.9 Å². The van der Waals surface area contributed by atoms with Crippen LogP contribution in [0.3, 0.4) is 0 Å². The molecule has 0 saturated carbocycles. The van der Waals surface area contributed by atoms with Gasteiger partial charge in [0, 0.05) is 17.6 Å². The summed E-state index contributed by atoms with van der Waals surface area (Å²) in [5.74, 6) is -0.146. The predicted octanol–water partition coefficient (Wildman–Crippen LogP) is 2.95. The van der Waals surface area contributed by atoms with Gasteiger partial charge in [0.15, 0.2) is 0 Å². The van der Waals surface area contributed by atoms with E-state index in [1.54, 1.807) is 23.1 Å². The number of rotatable bonds is 5. The molecule has 0 radical (unpaired) electrons. The van der Waals surface area contributed by atoms with Crippen molar-refractivity contribution in [2.75, 3.05) is 19.7 Å². The highest BCUT2D eigenvalue weighted by Crippen LogP contribution is 2.22. The molecule has 0 atom stereocenters. The van der Waals surface area contributed by atoms with E-state index >= 15 is 0 Å². The zero-order valence-corrected chi connectivity index (χ0v) is 12.0. The summed E-state index contributed by atoms with van der Waals surface area (Å²) < 4.78 is 0.811. The molecule has 0 aliphatic rings. The van der Waals surface area contributed by atoms with Crippen LogP contribution in [-0.2, 0) is 0 Å². The molecule has 1 aromatic carbocycles. The minimum absolute atomic E-state index is 0.0443. The van der Waals surface area contributed by atoms with Gasteiger partial charge >= 0.3 is 0 Å². The maximum absolute atomic E-state index is 12.2. The van der Waals surface area contributed by atoms with Gasteiger partial charge in [0.1, 0.15) is 0 Å². The zero-order chi connectivity index (χ0) is 12.8. The molecule has 0 unspecified atom stereocenters. The first-order valence-corrected chi connectivity index (χ1v) is 6.62. The summed E-state index contributed by atoms with van der Waals surface area (Å²) in [7, 11) is 0. The largest absolute Gasteiger partial charge is 0.395 e. The van der Waals surface area contributed by atoms with Crippen molar-refractivity contribution >= 4 is 33.4 Å². The summed E-state index contributed by atoms with van der Waals surface area (Å²) in [6.45, 7) is 2.88. The van der Waals surface area contributed by atoms with Gasteiger partial charge in [-0.15, -0.1) is 0 Å². The minimum Gasteiger partial charge on any atom is -0.395 e. The summed E-state index contributed by atoms with van der Waals surface area (Å²) in [4.78, 5) is 13.8. The molecule has 17 heavy (non-hydrogen) atoms. The number of benzene rings is 1. The smallest absolute Gasteiger partial charge is 0.255 e. The first kappa shape index (κ1) is 14.5. The summed E-state index contributed by atoms with van der Waals surface area (Å²) in [5, 5.41) is 9.37. The average Bonchev–Trinajstić information content (AvgIpc) is 2.31. The summed E-state index contributed by atoms with van der Waals surface area (Å²) in [5.41, 5.74) is 0.461. The Labute approximate surface area is 115 Å². The van der Waals surface area contributed by atoms with Gasteiger partial charge in [-0.3, -0.25) is 4.79 Å². The molecule has 0 aliphatic carbocycles. The molecule has 0 aromatic heterocycles. The number of aliphatic hydroxyl groups is 1. The fourth-order valence-corrected chi connectivity index (χ4v) is 2.10. The number of aliphatic hydroxyl groups excluding tert-OH is 1. The number of amides is 1. The highest BCUT2D eigenvalue weighted by molar-refractivity contribution is 9.10. The van der Waals surface area contributed by atoms with E-state index in [4.69, 9.17) is 16.7 Å². The lowest BCUT2D eigenvalue weighted by atomic mass is 10.2. The van der Waals surface area contributed by atoms with Gasteiger partial charge in [0.2, 0.25) is 0 Å². The molecule has 1 N–H and O–H groups in total. The Kier molecular flexibility index (Phi) is 5.95. The quantitative estimate of drug-likeness (QED) is 0.906. The second kappa shape index (κ2) is 6.99. The molecule has 1 amide bonds. The molecule has 0 bridgehead atoms. The SMILES string of the molecule is CCCN(CCO)C(=O)c1cc(Br)ccc1Cl. The maximum Gasteiger partial charge on any atom is 0.255 e. The third kappa shape index (κ3) is 3.98. The minimum atomic E-state index is -0.146. The zero-order valence-electron chi connectivity index (χ0n) is 9.62. The molecule has 3 nitrogen and oxygen atoms in total. The van der Waals surface area contributed by atoms with Crippen molar-refractivity contribution in [3.63, 3.8) is 0 Å². The van der Waals surface area contributed by atoms with Gasteiger partial charge in [-0.25, -0.2) is 0 Å². The Morgan fingerprint density at radius 3 is 2.76 bits per heavy atom. The Bertz CT molecular complexity index is 392. The molecule has 0 saturated heterocycles. The maximum atomic E-state index is 12.2. The van der Waals surface area contributed by atoms with E-state index in [1.807, 2.05) is 6.92 Å². The van der Waals surface area contributed by atoms with Gasteiger partial charge < -0.3 is 10.0 Å². The van der Waals surface area contributed by atoms with Gasteiger partial charge in [-0.05, 0) is 24.6 Å². The first-order chi connectivity index (χ1) is 8.10. The Morgan fingerprint density at radius 1 is 1.47 bits per heavy atom. The second-order valence-electron chi connectivity index (χ2n) is 3.64. The van der Waals surface area contributed by atoms with Crippen molar-refractivity contribution in [3.05, 3.63) is 33.3 Å². The van der Waals surface area contributed by atoms with Crippen molar-refractivity contribution in [3.8, 4) is 0 Å². The molecule has 1 aromatic rings. The highest BCUT2D eigenvalue weighted by atomic mass is 79.9. The normalized spacial score (nSPS) is 10.4. The van der Waals surface area contributed by atoms with Crippen LogP contribution in [0.5, 0.6) is 0 Å². The lowest BCUT2D eigenvalue weighted by Crippen LogP contribution is -2.34. The predicted molar refractivity (Wildman–Crippen MR) is 72.4 cm³/mol. The van der Waals surface area contributed by atoms with E-state index in [2.05, 4.69) is 15.9 Å². The molecule has 0 aliphatic heterocycles. The van der Waals surface area contributed by atoms with E-state index in [0.29, 0.717) is 23.7 Å². The third-order valence-corrected chi connectivity index (χ3v) is 3.13. The van der Waals surface area contributed by atoms with Gasteiger partial charge in [0.25, 0.3) is 5.91 Å². The van der Waals surface area contributed by atoms with Crippen LogP contribution in [0.25, 0.3) is 0 Å². The lowest BCUT2D eigenvalue weighted by molar-refractivity contribution is 0.0722. The Hall–Kier alpha value is -0.580. The number of carbonyl (C=O) groups excluding carboxylic acids is 1. The summed E-state index contributed by atoms with van der Waals surface area (Å²) in [6, 6.07) is 5.17. The number of halogens is 2. The van der Waals surface area contributed by atoms with Gasteiger partial charge in [0.05, 0.1) is 17.2 Å². The van der Waals surface area contributed by atoms with Crippen LogP contribution in [0.4, 0.5) is 0 Å². The van der Waals surface area contributed by atoms with E-state index in [1.165, 1.54) is 0 Å². The van der Waals surface area contributed by atoms with E-state index in [-0.39, 0.29) is 12.5 Å². The Balaban J connectivity index is 2.95. The number of nitrogens with zero attached hydrogens (tertiary/aromatic N) is 1. The van der Waals surface area contributed by atoms with Crippen molar-refractivity contribution < 1.29 is 9.90 Å². The van der Waals surface area contributed by atoms with Crippen LogP contribution >= 0.6 is 27.5 Å². The monoisotopic (exact) mass is 319 g/mol. The van der Waals surface area contributed by atoms with Gasteiger partial charge in [-0.2, -0.15) is 0 Å². The molecular weight excluding hydrogens is 305 g/mol. The Morgan fingerprint density at radius 2 is 2.18 bits per heavy atom. The van der Waals surface area contributed by atoms with Crippen LogP contribution in [0.2, 0.25) is 5.02 Å². The van der Waals surface area contributed by atoms with Crippen molar-refractivity contribution in [1.29, 1.82) is 0 Å². The van der Waals surface area contributed by atoms with Crippen molar-refractivity contribution in [1.82, 2.24) is 4.90 Å². The van der Waals surface area contributed by atoms with Crippen LogP contribution in [0.15, 0.2) is 22.7 Å². The van der Waals surface area contributed by atoms with Crippen molar-refractivity contribution in [2.24, 2.45) is 0 Å². The molecular formula is C12H15BrClNO2. The molecule has 1 rings (SSSR count). The second-order valence-corrected chi connectivity index (χ2v) is 4.96. The first-order valence-electron chi connectivity index (χ1n) is 5.45. The molecule has 0 heterocycles. The number of carbonyl (C=O) groups is 1. The highest BCUT2D eigenvalue weighted by Gasteiger charge is 2.17. The molecule has 0 spiro atoms. The van der Waals surface area contributed by atoms with Crippen LogP contribution < -0.4 is 0 Å². The standard InChI is InChI=1S/C12H15BrClNO2/c1-2-5-15(6-7-16)12(17)10-8-9(13)3-4-11(10)14/h3-4,8,16H,2,5-7H2,1H3. The number of hydrogen-bond acceptors (Lipinski definition) is 2.